The van der Waals surface area contributed by atoms with E-state index < -0.39 is 0 Å². The Bertz CT molecular complexity index is 380. The molecule has 0 aliphatic heterocycles. The number of hydrogen-bond donors (Lipinski definition) is 1. The summed E-state index contributed by atoms with van der Waals surface area (Å²) in [4.78, 5) is 0. The number of hydrogen-bond acceptors (Lipinski definition) is 3. The second-order valence-corrected chi connectivity index (χ2v) is 4.64. The van der Waals surface area contributed by atoms with Crippen molar-refractivity contribution in [2.45, 2.75) is 25.8 Å². The van der Waals surface area contributed by atoms with Gasteiger partial charge >= 0.3 is 0 Å². The van der Waals surface area contributed by atoms with E-state index in [-0.39, 0.29) is 0 Å². The molecule has 0 saturated heterocycles. The largest absolute Gasteiger partial charge is 0.468 e. The molecule has 16 heavy (non-hydrogen) atoms. The van der Waals surface area contributed by atoms with Crippen LogP contribution in [0.3, 0.4) is 0 Å². The molecule has 86 valence electrons. The molecule has 0 aliphatic rings. The molecule has 1 N–H and O–H groups in total. The molecule has 0 bridgehead atoms. The van der Waals surface area contributed by atoms with Gasteiger partial charge in [-0.1, -0.05) is 6.92 Å². The van der Waals surface area contributed by atoms with Crippen molar-refractivity contribution in [3.63, 3.8) is 0 Å². The van der Waals surface area contributed by atoms with Crippen LogP contribution in [0.2, 0.25) is 0 Å². The Labute approximate surface area is 100 Å². The molecule has 0 saturated carbocycles. The third-order valence-electron chi connectivity index (χ3n) is 2.55. The number of rotatable bonds is 6. The summed E-state index contributed by atoms with van der Waals surface area (Å²) in [6, 6.07) is 6.46. The summed E-state index contributed by atoms with van der Waals surface area (Å²) in [6.45, 7) is 3.20. The molecule has 2 aromatic rings. The van der Waals surface area contributed by atoms with Crippen LogP contribution in [0.1, 0.15) is 30.7 Å². The first-order chi connectivity index (χ1) is 7.90. The van der Waals surface area contributed by atoms with Crippen LogP contribution in [0.15, 0.2) is 39.6 Å². The third-order valence-corrected chi connectivity index (χ3v) is 3.28. The molecule has 2 aromatic heterocycles. The zero-order valence-electron chi connectivity index (χ0n) is 9.48. The maximum Gasteiger partial charge on any atom is 0.121 e. The van der Waals surface area contributed by atoms with Crippen LogP contribution < -0.4 is 5.32 Å². The Morgan fingerprint density at radius 1 is 1.44 bits per heavy atom. The van der Waals surface area contributed by atoms with Crippen LogP contribution in [-0.4, -0.2) is 6.54 Å². The van der Waals surface area contributed by atoms with Crippen LogP contribution >= 0.6 is 11.3 Å². The summed E-state index contributed by atoms with van der Waals surface area (Å²) in [6.07, 6.45) is 3.88. The van der Waals surface area contributed by atoms with Gasteiger partial charge in [-0.25, -0.2) is 0 Å². The summed E-state index contributed by atoms with van der Waals surface area (Å²) >= 11 is 1.74. The first-order valence-electron chi connectivity index (χ1n) is 5.68. The minimum atomic E-state index is 0.296. The Morgan fingerprint density at radius 3 is 3.00 bits per heavy atom. The Hall–Kier alpha value is -1.06. The van der Waals surface area contributed by atoms with Crippen molar-refractivity contribution in [2.24, 2.45) is 0 Å². The van der Waals surface area contributed by atoms with Crippen LogP contribution in [0.25, 0.3) is 0 Å². The van der Waals surface area contributed by atoms with Gasteiger partial charge < -0.3 is 9.73 Å². The predicted molar refractivity (Wildman–Crippen MR) is 67.8 cm³/mol. The topological polar surface area (TPSA) is 25.2 Å². The van der Waals surface area contributed by atoms with Crippen LogP contribution in [0, 0.1) is 0 Å². The fraction of sp³-hybridized carbons (Fsp3) is 0.385. The maximum atomic E-state index is 5.48. The molecule has 0 fully saturated rings. The molecule has 0 aromatic carbocycles. The first-order valence-corrected chi connectivity index (χ1v) is 6.62. The normalized spacial score (nSPS) is 12.8. The standard InChI is InChI=1S/C13H17NOS/c1-2-6-14-12(13-4-3-7-15-13)9-11-5-8-16-10-11/h3-5,7-8,10,12,14H,2,6,9H2,1H3. The van der Waals surface area contributed by atoms with Crippen molar-refractivity contribution in [1.82, 2.24) is 5.32 Å². The molecular formula is C13H17NOS. The lowest BCUT2D eigenvalue weighted by Gasteiger charge is -2.15. The van der Waals surface area contributed by atoms with Gasteiger partial charge in [-0.3, -0.25) is 0 Å². The van der Waals surface area contributed by atoms with Gasteiger partial charge in [0.25, 0.3) is 0 Å². The van der Waals surface area contributed by atoms with E-state index in [1.807, 2.05) is 12.1 Å². The van der Waals surface area contributed by atoms with E-state index in [0.717, 1.165) is 25.1 Å². The van der Waals surface area contributed by atoms with E-state index in [4.69, 9.17) is 4.42 Å². The quantitative estimate of drug-likeness (QED) is 0.827. The van der Waals surface area contributed by atoms with E-state index in [1.165, 1.54) is 5.56 Å². The number of thiophene rings is 1. The van der Waals surface area contributed by atoms with Crippen LogP contribution in [0.5, 0.6) is 0 Å². The zero-order valence-corrected chi connectivity index (χ0v) is 10.3. The number of furan rings is 1. The van der Waals surface area contributed by atoms with Gasteiger partial charge in [0.15, 0.2) is 0 Å². The van der Waals surface area contributed by atoms with Gasteiger partial charge in [0, 0.05) is 0 Å². The molecule has 0 radical (unpaired) electrons. The highest BCUT2D eigenvalue weighted by Gasteiger charge is 2.14. The van der Waals surface area contributed by atoms with Crippen molar-refractivity contribution in [1.29, 1.82) is 0 Å². The van der Waals surface area contributed by atoms with E-state index >= 15 is 0 Å². The molecule has 0 aliphatic carbocycles. The monoisotopic (exact) mass is 235 g/mol. The second kappa shape index (κ2) is 5.87. The molecule has 1 unspecified atom stereocenters. The second-order valence-electron chi connectivity index (χ2n) is 3.86. The van der Waals surface area contributed by atoms with E-state index in [2.05, 4.69) is 29.1 Å². The minimum absolute atomic E-state index is 0.296. The van der Waals surface area contributed by atoms with Gasteiger partial charge in [0.05, 0.1) is 12.3 Å². The van der Waals surface area contributed by atoms with Crippen LogP contribution in [-0.2, 0) is 6.42 Å². The lowest BCUT2D eigenvalue weighted by atomic mass is 10.1. The van der Waals surface area contributed by atoms with E-state index in [1.54, 1.807) is 17.6 Å². The summed E-state index contributed by atoms with van der Waals surface area (Å²) < 4.78 is 5.48. The highest BCUT2D eigenvalue weighted by atomic mass is 32.1. The summed E-state index contributed by atoms with van der Waals surface area (Å²) in [7, 11) is 0. The van der Waals surface area contributed by atoms with Crippen molar-refractivity contribution >= 4 is 11.3 Å². The highest BCUT2D eigenvalue weighted by Crippen LogP contribution is 2.20. The van der Waals surface area contributed by atoms with Crippen molar-refractivity contribution in [3.05, 3.63) is 46.5 Å². The van der Waals surface area contributed by atoms with Gasteiger partial charge in [-0.05, 0) is 53.9 Å². The first kappa shape index (κ1) is 11.4. The molecule has 3 heteroatoms. The summed E-state index contributed by atoms with van der Waals surface area (Å²) in [5.41, 5.74) is 1.37. The van der Waals surface area contributed by atoms with E-state index in [9.17, 15) is 0 Å². The van der Waals surface area contributed by atoms with Gasteiger partial charge in [-0.15, -0.1) is 0 Å². The minimum Gasteiger partial charge on any atom is -0.468 e. The van der Waals surface area contributed by atoms with Crippen molar-refractivity contribution in [2.75, 3.05) is 6.54 Å². The molecule has 2 rings (SSSR count). The van der Waals surface area contributed by atoms with Gasteiger partial charge in [0.2, 0.25) is 0 Å². The lowest BCUT2D eigenvalue weighted by Crippen LogP contribution is -2.23. The van der Waals surface area contributed by atoms with Crippen LogP contribution in [0.4, 0.5) is 0 Å². The zero-order chi connectivity index (χ0) is 11.2. The molecular weight excluding hydrogens is 218 g/mol. The molecule has 2 heterocycles. The highest BCUT2D eigenvalue weighted by molar-refractivity contribution is 7.07. The van der Waals surface area contributed by atoms with Gasteiger partial charge in [-0.2, -0.15) is 11.3 Å². The average molecular weight is 235 g/mol. The summed E-state index contributed by atoms with van der Waals surface area (Å²) in [5, 5.41) is 7.84. The molecule has 0 amide bonds. The summed E-state index contributed by atoms with van der Waals surface area (Å²) in [5.74, 6) is 1.03. The predicted octanol–water partition coefficient (Wildman–Crippen LogP) is 3.62. The smallest absolute Gasteiger partial charge is 0.121 e. The fourth-order valence-corrected chi connectivity index (χ4v) is 2.41. The average Bonchev–Trinajstić information content (AvgIpc) is 2.96. The molecule has 2 nitrogen and oxygen atoms in total. The van der Waals surface area contributed by atoms with Crippen molar-refractivity contribution < 1.29 is 4.42 Å². The third kappa shape index (κ3) is 2.97. The lowest BCUT2D eigenvalue weighted by molar-refractivity contribution is 0.410. The van der Waals surface area contributed by atoms with Gasteiger partial charge in [0.1, 0.15) is 5.76 Å². The number of nitrogens with one attached hydrogen (secondary N) is 1. The molecule has 1 atom stereocenters. The molecule has 0 spiro atoms. The maximum absolute atomic E-state index is 5.48. The van der Waals surface area contributed by atoms with Crippen molar-refractivity contribution in [3.8, 4) is 0 Å². The Kier molecular flexibility index (Phi) is 4.19. The van der Waals surface area contributed by atoms with E-state index in [0.29, 0.717) is 6.04 Å². The Balaban J connectivity index is 2.03. The Morgan fingerprint density at radius 2 is 2.38 bits per heavy atom. The SMILES string of the molecule is CCCNC(Cc1ccsc1)c1ccco1. The fourth-order valence-electron chi connectivity index (χ4n) is 1.73.